The minimum atomic E-state index is -3.65. The van der Waals surface area contributed by atoms with Gasteiger partial charge < -0.3 is 4.74 Å². The molecule has 0 unspecified atom stereocenters. The summed E-state index contributed by atoms with van der Waals surface area (Å²) < 4.78 is 33.3. The molecule has 1 N–H and O–H groups in total. The lowest BCUT2D eigenvalue weighted by Crippen LogP contribution is -2.41. The van der Waals surface area contributed by atoms with Crippen molar-refractivity contribution in [2.45, 2.75) is 19.8 Å². The van der Waals surface area contributed by atoms with Crippen LogP contribution >= 0.6 is 0 Å². The van der Waals surface area contributed by atoms with Gasteiger partial charge in [-0.25, -0.2) is 4.79 Å². The molecule has 0 bridgehead atoms. The molecule has 1 fully saturated rings. The number of nitrogens with one attached hydrogen (secondary N) is 1. The Morgan fingerprint density at radius 2 is 1.90 bits per heavy atom. The number of para-hydroxylation sites is 1. The minimum absolute atomic E-state index is 0.203. The molecule has 116 valence electrons. The molecule has 0 radical (unpaired) electrons. The van der Waals surface area contributed by atoms with Gasteiger partial charge in [-0.2, -0.15) is 12.7 Å². The molecular formula is C14H20N2O4S. The molecule has 1 heterocycles. The fourth-order valence-corrected chi connectivity index (χ4v) is 3.57. The first-order valence-corrected chi connectivity index (χ1v) is 8.33. The van der Waals surface area contributed by atoms with E-state index in [2.05, 4.69) is 16.4 Å². The van der Waals surface area contributed by atoms with Crippen molar-refractivity contribution in [1.29, 1.82) is 0 Å². The highest BCUT2D eigenvalue weighted by Crippen LogP contribution is 2.22. The third kappa shape index (κ3) is 3.74. The summed E-state index contributed by atoms with van der Waals surface area (Å²) in [4.78, 5) is 11.7. The van der Waals surface area contributed by atoms with Crippen molar-refractivity contribution in [2.75, 3.05) is 24.9 Å². The van der Waals surface area contributed by atoms with Crippen LogP contribution < -0.4 is 4.72 Å². The number of benzene rings is 1. The Labute approximate surface area is 125 Å². The van der Waals surface area contributed by atoms with E-state index in [0.29, 0.717) is 19.0 Å². The lowest BCUT2D eigenvalue weighted by Gasteiger charge is -2.29. The monoisotopic (exact) mass is 312 g/mol. The first-order chi connectivity index (χ1) is 9.94. The molecule has 1 aromatic carbocycles. The van der Waals surface area contributed by atoms with E-state index in [1.165, 1.54) is 17.5 Å². The van der Waals surface area contributed by atoms with E-state index in [0.717, 1.165) is 12.8 Å². The molecule has 1 aliphatic rings. The smallest absolute Gasteiger partial charge is 0.339 e. The van der Waals surface area contributed by atoms with Crippen LogP contribution in [0.25, 0.3) is 0 Å². The quantitative estimate of drug-likeness (QED) is 0.861. The second-order valence-electron chi connectivity index (χ2n) is 5.23. The molecule has 2 rings (SSSR count). The van der Waals surface area contributed by atoms with Crippen LogP contribution in [0.5, 0.6) is 0 Å². The van der Waals surface area contributed by atoms with Gasteiger partial charge in [0.25, 0.3) is 0 Å². The molecule has 21 heavy (non-hydrogen) atoms. The van der Waals surface area contributed by atoms with E-state index < -0.39 is 16.2 Å². The third-order valence-electron chi connectivity index (χ3n) is 3.65. The number of ether oxygens (including phenoxy) is 1. The summed E-state index contributed by atoms with van der Waals surface area (Å²) in [5, 5.41) is 0. The van der Waals surface area contributed by atoms with Crippen molar-refractivity contribution in [3.05, 3.63) is 29.8 Å². The summed E-state index contributed by atoms with van der Waals surface area (Å²) in [6, 6.07) is 6.41. The highest BCUT2D eigenvalue weighted by atomic mass is 32.2. The molecule has 0 aliphatic carbocycles. The molecule has 7 heteroatoms. The van der Waals surface area contributed by atoms with Crippen molar-refractivity contribution in [3.63, 3.8) is 0 Å². The average Bonchev–Trinajstić information content (AvgIpc) is 2.47. The topological polar surface area (TPSA) is 75.7 Å². The van der Waals surface area contributed by atoms with E-state index in [1.807, 2.05) is 0 Å². The van der Waals surface area contributed by atoms with Gasteiger partial charge in [0.2, 0.25) is 0 Å². The SMILES string of the molecule is COC(=O)c1ccccc1NS(=O)(=O)N1CCC(C)CC1. The van der Waals surface area contributed by atoms with E-state index in [-0.39, 0.29) is 11.3 Å². The van der Waals surface area contributed by atoms with Crippen LogP contribution in [0.3, 0.4) is 0 Å². The second-order valence-corrected chi connectivity index (χ2v) is 6.90. The van der Waals surface area contributed by atoms with Crippen molar-refractivity contribution < 1.29 is 17.9 Å². The fraction of sp³-hybridized carbons (Fsp3) is 0.500. The number of esters is 1. The number of anilines is 1. The summed E-state index contributed by atoms with van der Waals surface area (Å²) in [6.45, 7) is 3.11. The van der Waals surface area contributed by atoms with Gasteiger partial charge in [-0.3, -0.25) is 4.72 Å². The normalized spacial score (nSPS) is 17.4. The molecule has 0 spiro atoms. The molecule has 1 aromatic rings. The molecule has 1 saturated heterocycles. The van der Waals surface area contributed by atoms with E-state index in [4.69, 9.17) is 0 Å². The Balaban J connectivity index is 2.19. The Morgan fingerprint density at radius 3 is 2.52 bits per heavy atom. The number of methoxy groups -OCH3 is 1. The summed E-state index contributed by atoms with van der Waals surface area (Å²) in [5.41, 5.74) is 0.442. The number of nitrogens with zero attached hydrogens (tertiary/aromatic N) is 1. The van der Waals surface area contributed by atoms with Crippen LogP contribution in [0.15, 0.2) is 24.3 Å². The maximum Gasteiger partial charge on any atom is 0.339 e. The Bertz CT molecular complexity index is 607. The summed E-state index contributed by atoms with van der Waals surface area (Å²) in [5.74, 6) is -0.0284. The van der Waals surface area contributed by atoms with Crippen LogP contribution in [0.1, 0.15) is 30.1 Å². The van der Waals surface area contributed by atoms with Crippen molar-refractivity contribution >= 4 is 21.9 Å². The first-order valence-electron chi connectivity index (χ1n) is 6.89. The van der Waals surface area contributed by atoms with Crippen molar-refractivity contribution in [1.82, 2.24) is 4.31 Å². The van der Waals surface area contributed by atoms with Gasteiger partial charge >= 0.3 is 16.2 Å². The van der Waals surface area contributed by atoms with Gasteiger partial charge in [0.15, 0.2) is 0 Å². The van der Waals surface area contributed by atoms with Gasteiger partial charge in [0.05, 0.1) is 18.4 Å². The number of piperidine rings is 1. The molecule has 0 atom stereocenters. The minimum Gasteiger partial charge on any atom is -0.465 e. The zero-order valence-electron chi connectivity index (χ0n) is 12.2. The van der Waals surface area contributed by atoms with Crippen molar-refractivity contribution in [2.24, 2.45) is 5.92 Å². The Hall–Kier alpha value is -1.60. The molecule has 0 amide bonds. The van der Waals surface area contributed by atoms with E-state index >= 15 is 0 Å². The molecular weight excluding hydrogens is 292 g/mol. The van der Waals surface area contributed by atoms with Crippen LogP contribution in [0.2, 0.25) is 0 Å². The molecule has 0 aromatic heterocycles. The van der Waals surface area contributed by atoms with Crippen LogP contribution in [-0.4, -0.2) is 38.9 Å². The number of rotatable bonds is 4. The van der Waals surface area contributed by atoms with Crippen LogP contribution in [-0.2, 0) is 14.9 Å². The average molecular weight is 312 g/mol. The van der Waals surface area contributed by atoms with E-state index in [1.54, 1.807) is 18.2 Å². The number of carbonyl (C=O) groups is 1. The lowest BCUT2D eigenvalue weighted by atomic mass is 10.0. The maximum absolute atomic E-state index is 12.4. The first kappa shape index (κ1) is 15.8. The predicted molar refractivity (Wildman–Crippen MR) is 80.3 cm³/mol. The fourth-order valence-electron chi connectivity index (χ4n) is 2.29. The number of hydrogen-bond donors (Lipinski definition) is 1. The van der Waals surface area contributed by atoms with Crippen molar-refractivity contribution in [3.8, 4) is 0 Å². The van der Waals surface area contributed by atoms with E-state index in [9.17, 15) is 13.2 Å². The summed E-state index contributed by atoms with van der Waals surface area (Å²) in [6.07, 6.45) is 1.69. The standard InChI is InChI=1S/C14H20N2O4S/c1-11-7-9-16(10-8-11)21(18,19)15-13-6-4-3-5-12(13)14(17)20-2/h3-6,11,15H,7-10H2,1-2H3. The zero-order valence-corrected chi connectivity index (χ0v) is 13.0. The van der Waals surface area contributed by atoms with Gasteiger partial charge in [-0.05, 0) is 30.9 Å². The van der Waals surface area contributed by atoms with Gasteiger partial charge in [-0.15, -0.1) is 0 Å². The Kier molecular flexibility index (Phi) is 4.84. The second kappa shape index (κ2) is 6.44. The highest BCUT2D eigenvalue weighted by molar-refractivity contribution is 7.90. The Morgan fingerprint density at radius 1 is 1.29 bits per heavy atom. The van der Waals surface area contributed by atoms with Gasteiger partial charge in [-0.1, -0.05) is 19.1 Å². The van der Waals surface area contributed by atoms with Crippen LogP contribution in [0.4, 0.5) is 5.69 Å². The lowest BCUT2D eigenvalue weighted by molar-refractivity contribution is 0.0602. The summed E-state index contributed by atoms with van der Waals surface area (Å²) >= 11 is 0. The molecule has 1 aliphatic heterocycles. The molecule has 6 nitrogen and oxygen atoms in total. The van der Waals surface area contributed by atoms with Gasteiger partial charge in [0, 0.05) is 13.1 Å². The predicted octanol–water partition coefficient (Wildman–Crippen LogP) is 1.86. The zero-order chi connectivity index (χ0) is 15.5. The summed E-state index contributed by atoms with van der Waals surface area (Å²) in [7, 11) is -2.38. The van der Waals surface area contributed by atoms with Crippen LogP contribution in [0, 0.1) is 5.92 Å². The maximum atomic E-state index is 12.4. The number of hydrogen-bond acceptors (Lipinski definition) is 4. The third-order valence-corrected chi connectivity index (χ3v) is 5.18. The highest BCUT2D eigenvalue weighted by Gasteiger charge is 2.27. The number of carbonyl (C=O) groups excluding carboxylic acids is 1. The van der Waals surface area contributed by atoms with Gasteiger partial charge in [0.1, 0.15) is 0 Å². The molecule has 0 saturated carbocycles. The largest absolute Gasteiger partial charge is 0.465 e.